The highest BCUT2D eigenvalue weighted by Crippen LogP contribution is 2.31. The number of fused-ring (bicyclic) bond motifs is 1. The molecule has 1 saturated carbocycles. The first-order valence-corrected chi connectivity index (χ1v) is 9.23. The third kappa shape index (κ3) is 2.84. The smallest absolute Gasteiger partial charge is 0.0564 e. The number of hydrogen-bond acceptors (Lipinski definition) is 2. The summed E-state index contributed by atoms with van der Waals surface area (Å²) in [5.74, 6) is 0.437. The van der Waals surface area contributed by atoms with Gasteiger partial charge in [0.1, 0.15) is 0 Å². The van der Waals surface area contributed by atoms with Crippen LogP contribution in [-0.4, -0.2) is 16.0 Å². The zero-order valence-electron chi connectivity index (χ0n) is 12.1. The van der Waals surface area contributed by atoms with Crippen molar-refractivity contribution in [3.8, 4) is 0 Å². The van der Waals surface area contributed by atoms with E-state index in [0.717, 1.165) is 24.2 Å². The highest BCUT2D eigenvalue weighted by atomic mass is 32.2. The molecule has 2 nitrogen and oxygen atoms in total. The molecule has 2 aliphatic rings. The number of nitrogens with two attached hydrogens (primary N) is 1. The van der Waals surface area contributed by atoms with Crippen LogP contribution in [0.5, 0.6) is 0 Å². The van der Waals surface area contributed by atoms with E-state index in [2.05, 4.69) is 18.2 Å². The van der Waals surface area contributed by atoms with E-state index >= 15 is 0 Å². The molecule has 3 heteroatoms. The lowest BCUT2D eigenvalue weighted by Crippen LogP contribution is -2.30. The van der Waals surface area contributed by atoms with Crippen molar-refractivity contribution in [1.29, 1.82) is 0 Å². The zero-order valence-corrected chi connectivity index (χ0v) is 13.0. The Balaban J connectivity index is 1.83. The van der Waals surface area contributed by atoms with E-state index in [1.165, 1.54) is 43.2 Å². The third-order valence-corrected chi connectivity index (χ3v) is 6.86. The van der Waals surface area contributed by atoms with Crippen LogP contribution in [-0.2, 0) is 23.6 Å². The van der Waals surface area contributed by atoms with Crippen molar-refractivity contribution in [1.82, 2.24) is 0 Å². The van der Waals surface area contributed by atoms with Gasteiger partial charge in [0.05, 0.1) is 10.8 Å². The maximum Gasteiger partial charge on any atom is 0.0564 e. The minimum absolute atomic E-state index is 0.266. The van der Waals surface area contributed by atoms with E-state index in [1.807, 2.05) is 0 Å². The number of aryl methyl sites for hydroxylation is 2. The summed E-state index contributed by atoms with van der Waals surface area (Å²) in [4.78, 5) is 1.04. The lowest BCUT2D eigenvalue weighted by atomic mass is 10.0. The normalized spacial score (nSPS) is 27.9. The summed E-state index contributed by atoms with van der Waals surface area (Å²) >= 11 is 0. The van der Waals surface area contributed by atoms with Gasteiger partial charge in [0.25, 0.3) is 0 Å². The van der Waals surface area contributed by atoms with Crippen molar-refractivity contribution in [3.05, 3.63) is 29.3 Å². The molecular formula is C17H25NOS. The second-order valence-electron chi connectivity index (χ2n) is 6.25. The molecule has 0 aromatic heterocycles. The second kappa shape index (κ2) is 6.40. The van der Waals surface area contributed by atoms with Crippen LogP contribution in [0.1, 0.15) is 49.7 Å². The maximum absolute atomic E-state index is 13.0. The van der Waals surface area contributed by atoms with Gasteiger partial charge in [0.2, 0.25) is 0 Å². The first-order valence-electron chi connectivity index (χ1n) is 8.02. The Bertz CT molecular complexity index is 500. The van der Waals surface area contributed by atoms with Gasteiger partial charge in [-0.2, -0.15) is 0 Å². The fourth-order valence-corrected chi connectivity index (χ4v) is 5.54. The number of benzene rings is 1. The zero-order chi connectivity index (χ0) is 13.9. The van der Waals surface area contributed by atoms with Crippen LogP contribution in [0, 0.1) is 5.92 Å². The molecule has 1 aromatic rings. The molecule has 1 aromatic carbocycles. The van der Waals surface area contributed by atoms with Crippen molar-refractivity contribution in [2.45, 2.75) is 61.5 Å². The molecule has 2 N–H and O–H groups in total. The van der Waals surface area contributed by atoms with Crippen LogP contribution < -0.4 is 5.73 Å². The van der Waals surface area contributed by atoms with Crippen molar-refractivity contribution in [3.63, 3.8) is 0 Å². The molecular weight excluding hydrogens is 266 g/mol. The van der Waals surface area contributed by atoms with E-state index < -0.39 is 10.8 Å². The minimum atomic E-state index is -0.883. The Hall–Kier alpha value is -0.670. The Morgan fingerprint density at radius 2 is 1.85 bits per heavy atom. The molecule has 0 radical (unpaired) electrons. The highest BCUT2D eigenvalue weighted by molar-refractivity contribution is 7.85. The fourth-order valence-electron chi connectivity index (χ4n) is 3.75. The van der Waals surface area contributed by atoms with Gasteiger partial charge < -0.3 is 5.73 Å². The summed E-state index contributed by atoms with van der Waals surface area (Å²) in [5, 5.41) is 0.266. The predicted octanol–water partition coefficient (Wildman–Crippen LogP) is 3.19. The Morgan fingerprint density at radius 1 is 1.05 bits per heavy atom. The van der Waals surface area contributed by atoms with Crippen LogP contribution in [0.2, 0.25) is 0 Å². The molecule has 0 saturated heterocycles. The molecule has 0 spiro atoms. The SMILES string of the molecule is NCC1CCCCCC1S(=O)c1ccc2c(c1)CCC2. The summed E-state index contributed by atoms with van der Waals surface area (Å²) in [7, 11) is -0.883. The molecule has 0 heterocycles. The molecule has 0 amide bonds. The standard InChI is InChI=1S/C17H25NOS/c18-12-15-5-2-1-3-8-17(15)20(19)16-10-9-13-6-4-7-14(13)11-16/h9-11,15,17H,1-8,12,18H2. The molecule has 110 valence electrons. The third-order valence-electron chi connectivity index (χ3n) is 4.97. The molecule has 3 atom stereocenters. The largest absolute Gasteiger partial charge is 0.330 e. The molecule has 20 heavy (non-hydrogen) atoms. The number of hydrogen-bond donors (Lipinski definition) is 1. The average Bonchev–Trinajstić information content (AvgIpc) is 2.81. The van der Waals surface area contributed by atoms with E-state index in [1.54, 1.807) is 0 Å². The summed E-state index contributed by atoms with van der Waals surface area (Å²) < 4.78 is 13.0. The van der Waals surface area contributed by atoms with E-state index in [9.17, 15) is 4.21 Å². The van der Waals surface area contributed by atoms with Crippen LogP contribution in [0.4, 0.5) is 0 Å². The highest BCUT2D eigenvalue weighted by Gasteiger charge is 2.29. The second-order valence-corrected chi connectivity index (χ2v) is 7.93. The lowest BCUT2D eigenvalue weighted by molar-refractivity contribution is 0.473. The maximum atomic E-state index is 13.0. The Kier molecular flexibility index (Phi) is 4.57. The topological polar surface area (TPSA) is 43.1 Å². The Labute approximate surface area is 124 Å². The van der Waals surface area contributed by atoms with E-state index in [-0.39, 0.29) is 5.25 Å². The van der Waals surface area contributed by atoms with Gasteiger partial charge in [-0.25, -0.2) is 0 Å². The van der Waals surface area contributed by atoms with Crippen molar-refractivity contribution in [2.75, 3.05) is 6.54 Å². The molecule has 1 fully saturated rings. The summed E-state index contributed by atoms with van der Waals surface area (Å²) in [6.45, 7) is 0.682. The van der Waals surface area contributed by atoms with Gasteiger partial charge in [-0.1, -0.05) is 25.3 Å². The fraction of sp³-hybridized carbons (Fsp3) is 0.647. The molecule has 0 aliphatic heterocycles. The lowest BCUT2D eigenvalue weighted by Gasteiger charge is -2.23. The predicted molar refractivity (Wildman–Crippen MR) is 84.3 cm³/mol. The van der Waals surface area contributed by atoms with Gasteiger partial charge in [0, 0.05) is 10.1 Å². The first-order chi connectivity index (χ1) is 9.79. The van der Waals surface area contributed by atoms with Crippen molar-refractivity contribution in [2.24, 2.45) is 11.7 Å². The summed E-state index contributed by atoms with van der Waals surface area (Å²) in [6, 6.07) is 6.50. The van der Waals surface area contributed by atoms with E-state index in [0.29, 0.717) is 12.5 Å². The van der Waals surface area contributed by atoms with Gasteiger partial charge in [0.15, 0.2) is 0 Å². The van der Waals surface area contributed by atoms with Gasteiger partial charge in [-0.3, -0.25) is 4.21 Å². The summed E-state index contributed by atoms with van der Waals surface area (Å²) in [6.07, 6.45) is 9.55. The minimum Gasteiger partial charge on any atom is -0.330 e. The van der Waals surface area contributed by atoms with Crippen LogP contribution in [0.3, 0.4) is 0 Å². The van der Waals surface area contributed by atoms with Crippen LogP contribution in [0.15, 0.2) is 23.1 Å². The van der Waals surface area contributed by atoms with Crippen LogP contribution >= 0.6 is 0 Å². The van der Waals surface area contributed by atoms with Gasteiger partial charge in [-0.15, -0.1) is 0 Å². The number of rotatable bonds is 3. The molecule has 2 aliphatic carbocycles. The van der Waals surface area contributed by atoms with Crippen molar-refractivity contribution < 1.29 is 4.21 Å². The van der Waals surface area contributed by atoms with Crippen LogP contribution in [0.25, 0.3) is 0 Å². The van der Waals surface area contributed by atoms with Gasteiger partial charge in [-0.05, 0) is 67.8 Å². The average molecular weight is 291 g/mol. The molecule has 3 unspecified atom stereocenters. The van der Waals surface area contributed by atoms with E-state index in [4.69, 9.17) is 5.73 Å². The van der Waals surface area contributed by atoms with Crippen molar-refractivity contribution >= 4 is 10.8 Å². The molecule has 0 bridgehead atoms. The monoisotopic (exact) mass is 291 g/mol. The Morgan fingerprint density at radius 3 is 2.70 bits per heavy atom. The van der Waals surface area contributed by atoms with Gasteiger partial charge >= 0.3 is 0 Å². The molecule has 3 rings (SSSR count). The first kappa shape index (κ1) is 14.3. The summed E-state index contributed by atoms with van der Waals surface area (Å²) in [5.41, 5.74) is 8.82. The quantitative estimate of drug-likeness (QED) is 0.869.